The summed E-state index contributed by atoms with van der Waals surface area (Å²) in [4.78, 5) is 31.0. The van der Waals surface area contributed by atoms with Crippen LogP contribution < -0.4 is 15.0 Å². The number of esters is 2. The van der Waals surface area contributed by atoms with E-state index < -0.39 is 24.5 Å². The second-order valence-corrected chi connectivity index (χ2v) is 10.6. The zero-order chi connectivity index (χ0) is 30.4. The lowest BCUT2D eigenvalue weighted by Crippen LogP contribution is -2.47. The van der Waals surface area contributed by atoms with Crippen molar-refractivity contribution in [2.24, 2.45) is 0 Å². The van der Waals surface area contributed by atoms with E-state index in [0.29, 0.717) is 28.0 Å². The zero-order valence-corrected chi connectivity index (χ0v) is 25.1. The third-order valence-corrected chi connectivity index (χ3v) is 7.94. The van der Waals surface area contributed by atoms with Gasteiger partial charge >= 0.3 is 18.6 Å². The van der Waals surface area contributed by atoms with Gasteiger partial charge in [-0.25, -0.2) is 9.59 Å². The van der Waals surface area contributed by atoms with Crippen LogP contribution in [-0.2, 0) is 19.1 Å². The van der Waals surface area contributed by atoms with Crippen molar-refractivity contribution in [1.82, 2.24) is 10.2 Å². The number of hydrogen-bond donors (Lipinski definition) is 1. The van der Waals surface area contributed by atoms with E-state index >= 15 is 0 Å². The molecule has 0 amide bonds. The fourth-order valence-electron chi connectivity index (χ4n) is 5.23. The normalized spacial score (nSPS) is 17.8. The monoisotopic (exact) mass is 623 g/mol. The van der Waals surface area contributed by atoms with E-state index in [4.69, 9.17) is 37.4 Å². The molecule has 1 N–H and O–H groups in total. The first kappa shape index (κ1) is 31.6. The van der Waals surface area contributed by atoms with Gasteiger partial charge in [0.25, 0.3) is 0 Å². The molecule has 0 aliphatic carbocycles. The number of nitrogens with zero attached hydrogens (tertiary/aromatic N) is 2. The SMILES string of the molecule is CCOC(=O)C1=C(C)NC(C)=C(C(=O)OCCN2CCN(c3ccc(Cl)c(Cl)c3)CC2)C1c1ccccc1OC(F)F. The first-order valence-corrected chi connectivity index (χ1v) is 14.3. The van der Waals surface area contributed by atoms with Crippen molar-refractivity contribution in [2.75, 3.05) is 50.8 Å². The molecule has 226 valence electrons. The third kappa shape index (κ3) is 7.35. The van der Waals surface area contributed by atoms with Crippen molar-refractivity contribution >= 4 is 40.8 Å². The lowest BCUT2D eigenvalue weighted by molar-refractivity contribution is -0.140. The first-order chi connectivity index (χ1) is 20.1. The molecule has 0 aromatic heterocycles. The van der Waals surface area contributed by atoms with Gasteiger partial charge in [0.2, 0.25) is 0 Å². The third-order valence-electron chi connectivity index (χ3n) is 7.20. The quantitative estimate of drug-likeness (QED) is 0.335. The van der Waals surface area contributed by atoms with Gasteiger partial charge in [0.05, 0.1) is 33.7 Å². The predicted molar refractivity (Wildman–Crippen MR) is 157 cm³/mol. The van der Waals surface area contributed by atoms with Crippen LogP contribution in [0.25, 0.3) is 0 Å². The summed E-state index contributed by atoms with van der Waals surface area (Å²) in [5.74, 6) is -2.52. The minimum atomic E-state index is -3.10. The Morgan fingerprint density at radius 1 is 0.952 bits per heavy atom. The Bertz CT molecular complexity index is 1380. The zero-order valence-electron chi connectivity index (χ0n) is 23.6. The highest BCUT2D eigenvalue weighted by Gasteiger charge is 2.39. The number of ether oxygens (including phenoxy) is 3. The molecular weight excluding hydrogens is 591 g/mol. The number of dihydropyridines is 1. The van der Waals surface area contributed by atoms with E-state index in [-0.39, 0.29) is 35.7 Å². The minimum absolute atomic E-state index is 0.0955. The Morgan fingerprint density at radius 2 is 1.60 bits per heavy atom. The summed E-state index contributed by atoms with van der Waals surface area (Å²) in [6.07, 6.45) is 0. The van der Waals surface area contributed by atoms with E-state index in [9.17, 15) is 18.4 Å². The number of piperazine rings is 1. The number of nitrogens with one attached hydrogen (secondary N) is 1. The molecule has 2 heterocycles. The Labute approximate surface area is 253 Å². The van der Waals surface area contributed by atoms with Gasteiger partial charge in [-0.05, 0) is 45.0 Å². The van der Waals surface area contributed by atoms with Gasteiger partial charge in [0.1, 0.15) is 12.4 Å². The van der Waals surface area contributed by atoms with Crippen molar-refractivity contribution in [3.05, 3.63) is 80.6 Å². The summed E-state index contributed by atoms with van der Waals surface area (Å²) in [5.41, 5.74) is 2.35. The second-order valence-electron chi connectivity index (χ2n) is 9.84. The Balaban J connectivity index is 1.48. The number of benzene rings is 2. The number of anilines is 1. The van der Waals surface area contributed by atoms with Crippen LogP contribution in [0.3, 0.4) is 0 Å². The standard InChI is InChI=1S/C30H33Cl2F2N3O5/c1-4-40-28(38)25-18(2)35-19(3)26(27(25)21-7-5-6-8-24(21)42-30(33)34)29(39)41-16-15-36-11-13-37(14-12-36)20-9-10-22(31)23(32)17-20/h5-10,17,27,30,35H,4,11-16H2,1-3H3. The van der Waals surface area contributed by atoms with E-state index in [2.05, 4.69) is 15.1 Å². The Hall–Kier alpha value is -3.34. The molecule has 42 heavy (non-hydrogen) atoms. The second kappa shape index (κ2) is 14.2. The summed E-state index contributed by atoms with van der Waals surface area (Å²) in [6, 6.07) is 11.6. The maximum Gasteiger partial charge on any atom is 0.387 e. The highest BCUT2D eigenvalue weighted by molar-refractivity contribution is 6.42. The molecule has 4 rings (SSSR count). The minimum Gasteiger partial charge on any atom is -0.463 e. The van der Waals surface area contributed by atoms with Gasteiger partial charge in [-0.2, -0.15) is 8.78 Å². The molecule has 0 bridgehead atoms. The molecule has 0 radical (unpaired) electrons. The van der Waals surface area contributed by atoms with Crippen LogP contribution in [0.4, 0.5) is 14.5 Å². The van der Waals surface area contributed by atoms with E-state index in [1.165, 1.54) is 6.07 Å². The molecule has 1 atom stereocenters. The number of allylic oxidation sites excluding steroid dienone is 2. The average Bonchev–Trinajstić information content (AvgIpc) is 2.94. The molecule has 2 aromatic rings. The molecule has 1 fully saturated rings. The summed E-state index contributed by atoms with van der Waals surface area (Å²) in [7, 11) is 0. The summed E-state index contributed by atoms with van der Waals surface area (Å²) in [5, 5.41) is 4.07. The predicted octanol–water partition coefficient (Wildman–Crippen LogP) is 5.76. The highest BCUT2D eigenvalue weighted by atomic mass is 35.5. The average molecular weight is 625 g/mol. The smallest absolute Gasteiger partial charge is 0.387 e. The first-order valence-electron chi connectivity index (χ1n) is 13.6. The van der Waals surface area contributed by atoms with E-state index in [1.807, 2.05) is 12.1 Å². The number of rotatable bonds is 10. The molecule has 2 aromatic carbocycles. The van der Waals surface area contributed by atoms with Crippen molar-refractivity contribution in [1.29, 1.82) is 0 Å². The van der Waals surface area contributed by atoms with Crippen molar-refractivity contribution in [2.45, 2.75) is 33.3 Å². The van der Waals surface area contributed by atoms with Gasteiger partial charge in [-0.3, -0.25) is 4.90 Å². The summed E-state index contributed by atoms with van der Waals surface area (Å²) in [6.45, 7) is 5.61. The number of para-hydroxylation sites is 1. The molecule has 0 spiro atoms. The van der Waals surface area contributed by atoms with Gasteiger partial charge in [0.15, 0.2) is 0 Å². The Kier molecular flexibility index (Phi) is 10.7. The van der Waals surface area contributed by atoms with E-state index in [1.54, 1.807) is 45.0 Å². The van der Waals surface area contributed by atoms with E-state index in [0.717, 1.165) is 31.9 Å². The maximum absolute atomic E-state index is 13.6. The van der Waals surface area contributed by atoms with Crippen LogP contribution in [0.5, 0.6) is 5.75 Å². The Morgan fingerprint density at radius 3 is 2.21 bits per heavy atom. The largest absolute Gasteiger partial charge is 0.463 e. The van der Waals surface area contributed by atoms with Crippen LogP contribution >= 0.6 is 23.2 Å². The van der Waals surface area contributed by atoms with Crippen LogP contribution in [0.15, 0.2) is 65.0 Å². The van der Waals surface area contributed by atoms with Crippen LogP contribution in [0.2, 0.25) is 10.0 Å². The number of alkyl halides is 2. The molecule has 8 nitrogen and oxygen atoms in total. The van der Waals surface area contributed by atoms with Crippen LogP contribution in [0, 0.1) is 0 Å². The molecular formula is C30H33Cl2F2N3O5. The maximum atomic E-state index is 13.6. The summed E-state index contributed by atoms with van der Waals surface area (Å²) >= 11 is 12.2. The number of hydrogen-bond acceptors (Lipinski definition) is 8. The number of carbonyl (C=O) groups excluding carboxylic acids is 2. The fourth-order valence-corrected chi connectivity index (χ4v) is 5.53. The molecule has 2 aliphatic heterocycles. The van der Waals surface area contributed by atoms with Gasteiger partial charge in [-0.1, -0.05) is 41.4 Å². The molecule has 0 saturated carbocycles. The highest BCUT2D eigenvalue weighted by Crippen LogP contribution is 2.43. The van der Waals surface area contributed by atoms with Crippen molar-refractivity contribution in [3.8, 4) is 5.75 Å². The topological polar surface area (TPSA) is 80.3 Å². The number of halogens is 4. The van der Waals surface area contributed by atoms with Gasteiger partial charge in [0, 0.05) is 55.4 Å². The van der Waals surface area contributed by atoms with Gasteiger partial charge in [-0.15, -0.1) is 0 Å². The lowest BCUT2D eigenvalue weighted by atomic mass is 9.80. The fraction of sp³-hybridized carbons (Fsp3) is 0.400. The summed E-state index contributed by atoms with van der Waals surface area (Å²) < 4.78 is 42.3. The van der Waals surface area contributed by atoms with Gasteiger partial charge < -0.3 is 24.4 Å². The lowest BCUT2D eigenvalue weighted by Gasteiger charge is -2.36. The van der Waals surface area contributed by atoms with Crippen molar-refractivity contribution in [3.63, 3.8) is 0 Å². The number of carbonyl (C=O) groups is 2. The molecule has 1 saturated heterocycles. The molecule has 12 heteroatoms. The molecule has 1 unspecified atom stereocenters. The van der Waals surface area contributed by atoms with Crippen molar-refractivity contribution < 1.29 is 32.6 Å². The van der Waals surface area contributed by atoms with Crippen LogP contribution in [0.1, 0.15) is 32.3 Å². The molecule has 2 aliphatic rings. The van der Waals surface area contributed by atoms with Crippen LogP contribution in [-0.4, -0.2) is 69.4 Å².